The van der Waals surface area contributed by atoms with Gasteiger partial charge in [0.2, 0.25) is 0 Å². The van der Waals surface area contributed by atoms with E-state index in [0.717, 1.165) is 12.5 Å². The summed E-state index contributed by atoms with van der Waals surface area (Å²) in [6.07, 6.45) is 9.90. The van der Waals surface area contributed by atoms with Crippen LogP contribution >= 0.6 is 0 Å². The Balaban J connectivity index is 3.26. The van der Waals surface area contributed by atoms with Gasteiger partial charge in [-0.05, 0) is 30.8 Å². The molecule has 0 aliphatic carbocycles. The molecule has 0 saturated heterocycles. The molecule has 17 heavy (non-hydrogen) atoms. The average Bonchev–Trinajstić information content (AvgIpc) is 2.21. The maximum atomic E-state index is 3.59. The molecular formula is C16H35N. The zero-order valence-corrected chi connectivity index (χ0v) is 12.9. The second-order valence-corrected chi connectivity index (χ2v) is 6.85. The van der Waals surface area contributed by atoms with E-state index in [1.165, 1.54) is 51.5 Å². The van der Waals surface area contributed by atoms with Gasteiger partial charge in [-0.15, -0.1) is 0 Å². The van der Waals surface area contributed by atoms with Crippen LogP contribution in [0.2, 0.25) is 0 Å². The number of rotatable bonds is 10. The quantitative estimate of drug-likeness (QED) is 0.530. The molecule has 0 amide bonds. The first-order chi connectivity index (χ1) is 7.95. The van der Waals surface area contributed by atoms with E-state index in [2.05, 4.69) is 39.9 Å². The van der Waals surface area contributed by atoms with Crippen LogP contribution in [0.5, 0.6) is 0 Å². The molecule has 0 aromatic rings. The highest BCUT2D eigenvalue weighted by Gasteiger charge is 2.09. The third kappa shape index (κ3) is 13.9. The maximum absolute atomic E-state index is 3.59. The third-order valence-corrected chi connectivity index (χ3v) is 3.20. The lowest BCUT2D eigenvalue weighted by atomic mass is 9.96. The molecule has 104 valence electrons. The van der Waals surface area contributed by atoms with Crippen LogP contribution in [0.3, 0.4) is 0 Å². The first-order valence-electron chi connectivity index (χ1n) is 7.66. The molecule has 1 unspecified atom stereocenters. The Kier molecular flexibility index (Phi) is 9.91. The highest BCUT2D eigenvalue weighted by Crippen LogP contribution is 2.13. The van der Waals surface area contributed by atoms with E-state index in [0.29, 0.717) is 5.41 Å². The summed E-state index contributed by atoms with van der Waals surface area (Å²) in [5.41, 5.74) is 0.417. The highest BCUT2D eigenvalue weighted by molar-refractivity contribution is 4.66. The molecule has 0 aliphatic rings. The van der Waals surface area contributed by atoms with Crippen molar-refractivity contribution < 1.29 is 0 Å². The van der Waals surface area contributed by atoms with E-state index in [1.807, 2.05) is 0 Å². The van der Waals surface area contributed by atoms with Crippen LogP contribution in [0, 0.1) is 11.3 Å². The predicted octanol–water partition coefficient (Wildman–Crippen LogP) is 5.01. The SMILES string of the molecule is CCCCCCCCC(C)CNCC(C)(C)C. The van der Waals surface area contributed by atoms with Crippen LogP contribution < -0.4 is 5.32 Å². The molecule has 0 radical (unpaired) electrons. The summed E-state index contributed by atoms with van der Waals surface area (Å²) in [5.74, 6) is 0.837. The molecule has 0 aromatic heterocycles. The predicted molar refractivity (Wildman–Crippen MR) is 79.5 cm³/mol. The van der Waals surface area contributed by atoms with Crippen molar-refractivity contribution in [2.75, 3.05) is 13.1 Å². The Morgan fingerprint density at radius 1 is 0.941 bits per heavy atom. The maximum Gasteiger partial charge on any atom is -0.00000114 e. The van der Waals surface area contributed by atoms with Crippen LogP contribution in [0.4, 0.5) is 0 Å². The topological polar surface area (TPSA) is 12.0 Å². The van der Waals surface area contributed by atoms with Gasteiger partial charge < -0.3 is 5.32 Å². The minimum Gasteiger partial charge on any atom is -0.316 e. The van der Waals surface area contributed by atoms with Gasteiger partial charge in [-0.25, -0.2) is 0 Å². The fourth-order valence-corrected chi connectivity index (χ4v) is 2.07. The van der Waals surface area contributed by atoms with E-state index < -0.39 is 0 Å². The zero-order chi connectivity index (χ0) is 13.1. The van der Waals surface area contributed by atoms with Crippen molar-refractivity contribution in [3.8, 4) is 0 Å². The van der Waals surface area contributed by atoms with Crippen LogP contribution in [0.1, 0.15) is 79.6 Å². The van der Waals surface area contributed by atoms with Crippen molar-refractivity contribution in [3.05, 3.63) is 0 Å². The summed E-state index contributed by atoms with van der Waals surface area (Å²) in [5, 5.41) is 3.59. The molecule has 0 spiro atoms. The van der Waals surface area contributed by atoms with Gasteiger partial charge >= 0.3 is 0 Å². The molecule has 0 heterocycles. The minimum absolute atomic E-state index is 0.417. The number of hydrogen-bond donors (Lipinski definition) is 1. The second-order valence-electron chi connectivity index (χ2n) is 6.85. The average molecular weight is 241 g/mol. The van der Waals surface area contributed by atoms with Crippen LogP contribution in [0.25, 0.3) is 0 Å². The van der Waals surface area contributed by atoms with Crippen LogP contribution in [-0.4, -0.2) is 13.1 Å². The number of hydrogen-bond acceptors (Lipinski definition) is 1. The van der Waals surface area contributed by atoms with Gasteiger partial charge in [0.1, 0.15) is 0 Å². The third-order valence-electron chi connectivity index (χ3n) is 3.20. The van der Waals surface area contributed by atoms with Gasteiger partial charge in [0.15, 0.2) is 0 Å². The summed E-state index contributed by atoms with van der Waals surface area (Å²) < 4.78 is 0. The van der Waals surface area contributed by atoms with Gasteiger partial charge in [0, 0.05) is 0 Å². The molecule has 1 N–H and O–H groups in total. The van der Waals surface area contributed by atoms with Gasteiger partial charge in [-0.2, -0.15) is 0 Å². The van der Waals surface area contributed by atoms with E-state index in [9.17, 15) is 0 Å². The van der Waals surface area contributed by atoms with E-state index >= 15 is 0 Å². The zero-order valence-electron chi connectivity index (χ0n) is 12.9. The van der Waals surface area contributed by atoms with Gasteiger partial charge in [-0.3, -0.25) is 0 Å². The van der Waals surface area contributed by atoms with Crippen molar-refractivity contribution in [2.45, 2.75) is 79.6 Å². The van der Waals surface area contributed by atoms with E-state index in [4.69, 9.17) is 0 Å². The molecule has 1 nitrogen and oxygen atoms in total. The first kappa shape index (κ1) is 17.0. The molecule has 0 bridgehead atoms. The van der Waals surface area contributed by atoms with Crippen molar-refractivity contribution in [3.63, 3.8) is 0 Å². The Hall–Kier alpha value is -0.0400. The normalized spacial score (nSPS) is 13.9. The Morgan fingerprint density at radius 3 is 2.12 bits per heavy atom. The lowest BCUT2D eigenvalue weighted by Gasteiger charge is -2.20. The first-order valence-corrected chi connectivity index (χ1v) is 7.66. The second kappa shape index (κ2) is 9.94. The Labute approximate surface area is 110 Å². The smallest absolute Gasteiger partial charge is 0.00000114 e. The lowest BCUT2D eigenvalue weighted by molar-refractivity contribution is 0.355. The molecule has 1 heteroatoms. The molecule has 0 aromatic carbocycles. The molecule has 0 fully saturated rings. The van der Waals surface area contributed by atoms with Crippen molar-refractivity contribution in [1.29, 1.82) is 0 Å². The van der Waals surface area contributed by atoms with Gasteiger partial charge in [0.25, 0.3) is 0 Å². The highest BCUT2D eigenvalue weighted by atomic mass is 14.9. The summed E-state index contributed by atoms with van der Waals surface area (Å²) in [6, 6.07) is 0. The van der Waals surface area contributed by atoms with Crippen molar-refractivity contribution in [1.82, 2.24) is 5.32 Å². The molecule has 0 aliphatic heterocycles. The number of unbranched alkanes of at least 4 members (excludes halogenated alkanes) is 5. The summed E-state index contributed by atoms with van der Waals surface area (Å²) >= 11 is 0. The largest absolute Gasteiger partial charge is 0.316 e. The van der Waals surface area contributed by atoms with Gasteiger partial charge in [0.05, 0.1) is 0 Å². The molecule has 0 rings (SSSR count). The van der Waals surface area contributed by atoms with Crippen LogP contribution in [0.15, 0.2) is 0 Å². The van der Waals surface area contributed by atoms with E-state index in [-0.39, 0.29) is 0 Å². The fraction of sp³-hybridized carbons (Fsp3) is 1.00. The fourth-order valence-electron chi connectivity index (χ4n) is 2.07. The molecular weight excluding hydrogens is 206 g/mol. The molecule has 0 saturated carbocycles. The summed E-state index contributed by atoms with van der Waals surface area (Å²) in [4.78, 5) is 0. The minimum atomic E-state index is 0.417. The lowest BCUT2D eigenvalue weighted by Crippen LogP contribution is -2.30. The molecule has 1 atom stereocenters. The Morgan fingerprint density at radius 2 is 1.53 bits per heavy atom. The Bertz CT molecular complexity index is 157. The van der Waals surface area contributed by atoms with Crippen LogP contribution in [-0.2, 0) is 0 Å². The van der Waals surface area contributed by atoms with Gasteiger partial charge in [-0.1, -0.05) is 73.1 Å². The van der Waals surface area contributed by atoms with Crippen molar-refractivity contribution >= 4 is 0 Å². The summed E-state index contributed by atoms with van der Waals surface area (Å²) in [7, 11) is 0. The van der Waals surface area contributed by atoms with E-state index in [1.54, 1.807) is 0 Å². The number of nitrogens with one attached hydrogen (secondary N) is 1. The standard InChI is InChI=1S/C16H35N/c1-6-7-8-9-10-11-12-15(2)13-17-14-16(3,4)5/h15,17H,6-14H2,1-5H3. The van der Waals surface area contributed by atoms with Crippen molar-refractivity contribution in [2.24, 2.45) is 11.3 Å². The summed E-state index contributed by atoms with van der Waals surface area (Å²) in [6.45, 7) is 13.8. The monoisotopic (exact) mass is 241 g/mol.